The third-order valence-corrected chi connectivity index (χ3v) is 1.81. The fraction of sp³-hybridized carbons (Fsp3) is 0.833. The van der Waals surface area contributed by atoms with E-state index in [-0.39, 0.29) is 0 Å². The van der Waals surface area contributed by atoms with Crippen molar-refractivity contribution in [3.05, 3.63) is 0 Å². The maximum Gasteiger partial charge on any atom is 0.155 e. The van der Waals surface area contributed by atoms with E-state index < -0.39 is 0 Å². The summed E-state index contributed by atoms with van der Waals surface area (Å²) in [4.78, 5) is 0. The average Bonchev–Trinajstić information content (AvgIpc) is 1.68. The smallest absolute Gasteiger partial charge is 0.155 e. The molecule has 2 unspecified atom stereocenters. The minimum atomic E-state index is 0.731. The molecule has 40 valence electrons. The van der Waals surface area contributed by atoms with Gasteiger partial charge in [-0.25, -0.2) is 4.58 Å². The summed E-state index contributed by atoms with van der Waals surface area (Å²) < 4.78 is 2.14. The van der Waals surface area contributed by atoms with Crippen LogP contribution in [0.5, 0.6) is 0 Å². The molecule has 0 amide bonds. The quantitative estimate of drug-likeness (QED) is 0.396. The summed E-state index contributed by atoms with van der Waals surface area (Å²) in [5.74, 6) is 0. The molecule has 0 aromatic heterocycles. The molecule has 1 heteroatoms. The van der Waals surface area contributed by atoms with Crippen molar-refractivity contribution in [2.24, 2.45) is 0 Å². The van der Waals surface area contributed by atoms with E-state index in [1.165, 1.54) is 6.42 Å². The van der Waals surface area contributed by atoms with E-state index in [9.17, 15) is 0 Å². The molecule has 1 nitrogen and oxygen atoms in total. The maximum absolute atomic E-state index is 3.84. The first-order valence-electron chi connectivity index (χ1n) is 2.80. The Balaban J connectivity index is 2.44. The van der Waals surface area contributed by atoms with Crippen molar-refractivity contribution in [3.8, 4) is 0 Å². The Morgan fingerprint density at radius 2 is 1.86 bits per heavy atom. The lowest BCUT2D eigenvalue weighted by Gasteiger charge is -2.25. The zero-order valence-electron chi connectivity index (χ0n) is 5.02. The highest BCUT2D eigenvalue weighted by atomic mass is 15.1. The van der Waals surface area contributed by atoms with Crippen LogP contribution >= 0.6 is 0 Å². The van der Waals surface area contributed by atoms with Crippen LogP contribution in [0.4, 0.5) is 0 Å². The fourth-order valence-electron chi connectivity index (χ4n) is 1.06. The van der Waals surface area contributed by atoms with E-state index in [0.717, 1.165) is 12.1 Å². The van der Waals surface area contributed by atoms with E-state index in [2.05, 4.69) is 25.1 Å². The fourth-order valence-corrected chi connectivity index (χ4v) is 1.06. The Labute approximate surface area is 44.7 Å². The first-order valence-corrected chi connectivity index (χ1v) is 2.80. The molecule has 1 aliphatic heterocycles. The second-order valence-corrected chi connectivity index (χ2v) is 2.45. The second-order valence-electron chi connectivity index (χ2n) is 2.45. The van der Waals surface area contributed by atoms with Gasteiger partial charge in [-0.1, -0.05) is 0 Å². The molecule has 1 saturated heterocycles. The summed E-state index contributed by atoms with van der Waals surface area (Å²) in [5.41, 5.74) is 0. The highest BCUT2D eigenvalue weighted by Gasteiger charge is 2.33. The predicted octanol–water partition coefficient (Wildman–Crippen LogP) is 0.880. The number of rotatable bonds is 0. The molecule has 0 radical (unpaired) electrons. The number of hydrogen-bond acceptors (Lipinski definition) is 0. The van der Waals surface area contributed by atoms with Crippen molar-refractivity contribution in [2.45, 2.75) is 32.4 Å². The summed E-state index contributed by atoms with van der Waals surface area (Å²) in [7, 11) is 0. The van der Waals surface area contributed by atoms with Gasteiger partial charge in [-0.3, -0.25) is 0 Å². The van der Waals surface area contributed by atoms with Gasteiger partial charge < -0.3 is 0 Å². The average molecular weight is 98.2 g/mol. The van der Waals surface area contributed by atoms with E-state index in [1.54, 1.807) is 0 Å². The van der Waals surface area contributed by atoms with Crippen LogP contribution in [0.25, 0.3) is 0 Å². The van der Waals surface area contributed by atoms with Crippen molar-refractivity contribution in [2.75, 3.05) is 0 Å². The van der Waals surface area contributed by atoms with Gasteiger partial charge in [0.1, 0.15) is 6.72 Å². The zero-order valence-corrected chi connectivity index (χ0v) is 5.02. The monoisotopic (exact) mass is 98.1 g/mol. The van der Waals surface area contributed by atoms with Crippen LogP contribution in [-0.4, -0.2) is 23.4 Å². The summed E-state index contributed by atoms with van der Waals surface area (Å²) in [5, 5.41) is 0. The molecule has 0 spiro atoms. The first kappa shape index (κ1) is 4.82. The maximum atomic E-state index is 3.84. The summed E-state index contributed by atoms with van der Waals surface area (Å²) in [6.45, 7) is 8.24. The molecule has 1 rings (SSSR count). The van der Waals surface area contributed by atoms with Gasteiger partial charge >= 0.3 is 0 Å². The van der Waals surface area contributed by atoms with Crippen LogP contribution in [0.2, 0.25) is 0 Å². The van der Waals surface area contributed by atoms with Gasteiger partial charge in [0.25, 0.3) is 0 Å². The van der Waals surface area contributed by atoms with Gasteiger partial charge in [-0.05, 0) is 13.8 Å². The second kappa shape index (κ2) is 1.32. The van der Waals surface area contributed by atoms with Crippen molar-refractivity contribution in [1.29, 1.82) is 0 Å². The van der Waals surface area contributed by atoms with E-state index in [0.29, 0.717) is 0 Å². The molecule has 0 aromatic rings. The SMILES string of the molecule is C=[N+]1C(C)CC1C. The molecule has 7 heavy (non-hydrogen) atoms. The van der Waals surface area contributed by atoms with Crippen molar-refractivity contribution >= 4 is 6.72 Å². The summed E-state index contributed by atoms with van der Waals surface area (Å²) in [6, 6.07) is 1.46. The van der Waals surface area contributed by atoms with Crippen LogP contribution in [0.3, 0.4) is 0 Å². The standard InChI is InChI=1S/C6H12N/c1-5-4-6(2)7(5)3/h5-6H,3-4H2,1-2H3/q+1. The Morgan fingerprint density at radius 3 is 1.86 bits per heavy atom. The lowest BCUT2D eigenvalue weighted by molar-refractivity contribution is -0.650. The Bertz CT molecular complexity index is 86.4. The van der Waals surface area contributed by atoms with Crippen molar-refractivity contribution < 1.29 is 4.58 Å². The van der Waals surface area contributed by atoms with Gasteiger partial charge in [0.05, 0.1) is 6.42 Å². The lowest BCUT2D eigenvalue weighted by atomic mass is 9.99. The number of hydrogen-bond donors (Lipinski definition) is 0. The molecule has 0 bridgehead atoms. The molecule has 0 aliphatic carbocycles. The van der Waals surface area contributed by atoms with Crippen LogP contribution in [0.1, 0.15) is 20.3 Å². The molecule has 2 atom stereocenters. The molecule has 1 fully saturated rings. The Hall–Kier alpha value is -0.330. The zero-order chi connectivity index (χ0) is 5.44. The molecule has 1 heterocycles. The van der Waals surface area contributed by atoms with Gasteiger partial charge in [-0.2, -0.15) is 0 Å². The lowest BCUT2D eigenvalue weighted by Crippen LogP contribution is -2.44. The third-order valence-electron chi connectivity index (χ3n) is 1.81. The molecule has 0 aromatic carbocycles. The highest BCUT2D eigenvalue weighted by Crippen LogP contribution is 2.16. The summed E-state index contributed by atoms with van der Waals surface area (Å²) >= 11 is 0. The molecule has 0 saturated carbocycles. The van der Waals surface area contributed by atoms with Gasteiger partial charge in [0, 0.05) is 0 Å². The normalized spacial score (nSPS) is 40.6. The molecule has 0 N–H and O–H groups in total. The van der Waals surface area contributed by atoms with Crippen LogP contribution < -0.4 is 0 Å². The molecule has 1 aliphatic rings. The minimum absolute atomic E-state index is 0.731. The topological polar surface area (TPSA) is 3.01 Å². The van der Waals surface area contributed by atoms with Crippen molar-refractivity contribution in [3.63, 3.8) is 0 Å². The number of nitrogens with zero attached hydrogens (tertiary/aromatic N) is 1. The minimum Gasteiger partial charge on any atom is -0.237 e. The van der Waals surface area contributed by atoms with Gasteiger partial charge in [0.2, 0.25) is 0 Å². The summed E-state index contributed by atoms with van der Waals surface area (Å²) in [6.07, 6.45) is 1.32. The predicted molar refractivity (Wildman–Crippen MR) is 30.9 cm³/mol. The van der Waals surface area contributed by atoms with Crippen LogP contribution in [0, 0.1) is 0 Å². The van der Waals surface area contributed by atoms with Gasteiger partial charge in [-0.15, -0.1) is 0 Å². The van der Waals surface area contributed by atoms with Crippen LogP contribution in [0.15, 0.2) is 0 Å². The van der Waals surface area contributed by atoms with Crippen LogP contribution in [-0.2, 0) is 0 Å². The molecular formula is C6H12N+. The third kappa shape index (κ3) is 0.561. The largest absolute Gasteiger partial charge is 0.237 e. The first-order chi connectivity index (χ1) is 3.22. The Morgan fingerprint density at radius 1 is 1.43 bits per heavy atom. The van der Waals surface area contributed by atoms with Gasteiger partial charge in [0.15, 0.2) is 12.1 Å². The Kier molecular flexibility index (Phi) is 0.911. The van der Waals surface area contributed by atoms with E-state index in [4.69, 9.17) is 0 Å². The van der Waals surface area contributed by atoms with Crippen molar-refractivity contribution in [1.82, 2.24) is 0 Å². The molecular weight excluding hydrogens is 86.1 g/mol. The highest BCUT2D eigenvalue weighted by molar-refractivity contribution is 5.16. The van der Waals surface area contributed by atoms with E-state index in [1.807, 2.05) is 0 Å². The van der Waals surface area contributed by atoms with E-state index >= 15 is 0 Å².